The van der Waals surface area contributed by atoms with E-state index >= 15 is 0 Å². The zero-order chi connectivity index (χ0) is 12.3. The predicted octanol–water partition coefficient (Wildman–Crippen LogP) is 2.47. The normalized spacial score (nSPS) is 18.8. The molecule has 1 aliphatic rings. The average molecular weight is 255 g/mol. The van der Waals surface area contributed by atoms with E-state index in [1.54, 1.807) is 6.20 Å². The molecule has 0 radical (unpaired) electrons. The summed E-state index contributed by atoms with van der Waals surface area (Å²) >= 11 is 5.85. The number of hydrogen-bond acceptors (Lipinski definition) is 3. The lowest BCUT2D eigenvalue weighted by atomic mass is 10.0. The molecule has 0 unspecified atom stereocenters. The predicted molar refractivity (Wildman–Crippen MR) is 69.0 cm³/mol. The van der Waals surface area contributed by atoms with Crippen LogP contribution in [0.25, 0.3) is 0 Å². The van der Waals surface area contributed by atoms with Crippen molar-refractivity contribution in [3.8, 4) is 0 Å². The summed E-state index contributed by atoms with van der Waals surface area (Å²) in [6, 6.07) is 3.83. The maximum absolute atomic E-state index is 10.3. The standard InChI is InChI=1S/C13H19ClN2O/c1-16(10-13(17)5-2-3-6-13)9-11-4-7-15-12(14)8-11/h4,7-8,17H,2-3,5-6,9-10H2,1H3. The van der Waals surface area contributed by atoms with Crippen LogP contribution >= 0.6 is 11.6 Å². The zero-order valence-electron chi connectivity index (χ0n) is 10.2. The highest BCUT2D eigenvalue weighted by Crippen LogP contribution is 2.30. The van der Waals surface area contributed by atoms with Crippen LogP contribution in [-0.4, -0.2) is 34.2 Å². The molecule has 1 saturated carbocycles. The summed E-state index contributed by atoms with van der Waals surface area (Å²) in [5, 5.41) is 10.8. The molecule has 0 saturated heterocycles. The van der Waals surface area contributed by atoms with Gasteiger partial charge in [0.15, 0.2) is 0 Å². The van der Waals surface area contributed by atoms with Gasteiger partial charge in [0.2, 0.25) is 0 Å². The third kappa shape index (κ3) is 3.66. The van der Waals surface area contributed by atoms with Crippen LogP contribution in [0.2, 0.25) is 5.15 Å². The lowest BCUT2D eigenvalue weighted by molar-refractivity contribution is 0.0145. The first-order valence-corrected chi connectivity index (χ1v) is 6.47. The molecule has 0 aliphatic heterocycles. The molecule has 4 heteroatoms. The Morgan fingerprint density at radius 2 is 2.18 bits per heavy atom. The molecule has 0 aromatic carbocycles. The van der Waals surface area contributed by atoms with Crippen molar-refractivity contribution in [2.45, 2.75) is 37.8 Å². The Morgan fingerprint density at radius 3 is 2.82 bits per heavy atom. The SMILES string of the molecule is CN(Cc1ccnc(Cl)c1)CC1(O)CCCC1. The smallest absolute Gasteiger partial charge is 0.129 e. The number of nitrogens with zero attached hydrogens (tertiary/aromatic N) is 2. The molecule has 1 N–H and O–H groups in total. The fourth-order valence-electron chi connectivity index (χ4n) is 2.60. The van der Waals surface area contributed by atoms with Crippen LogP contribution in [0.1, 0.15) is 31.2 Å². The molecule has 0 amide bonds. The zero-order valence-corrected chi connectivity index (χ0v) is 11.0. The van der Waals surface area contributed by atoms with Crippen molar-refractivity contribution >= 4 is 11.6 Å². The summed E-state index contributed by atoms with van der Waals surface area (Å²) in [5.41, 5.74) is 0.653. The molecule has 17 heavy (non-hydrogen) atoms. The highest BCUT2D eigenvalue weighted by atomic mass is 35.5. The van der Waals surface area contributed by atoms with Gasteiger partial charge in [-0.05, 0) is 37.6 Å². The van der Waals surface area contributed by atoms with E-state index in [9.17, 15) is 5.11 Å². The Labute approximate surface area is 107 Å². The van der Waals surface area contributed by atoms with Gasteiger partial charge in [-0.2, -0.15) is 0 Å². The quantitative estimate of drug-likeness (QED) is 0.839. The minimum absolute atomic E-state index is 0.481. The van der Waals surface area contributed by atoms with Gasteiger partial charge in [0.1, 0.15) is 5.15 Å². The van der Waals surface area contributed by atoms with E-state index in [1.165, 1.54) is 0 Å². The van der Waals surface area contributed by atoms with Crippen molar-refractivity contribution in [1.29, 1.82) is 0 Å². The van der Waals surface area contributed by atoms with E-state index < -0.39 is 5.60 Å². The number of aromatic nitrogens is 1. The maximum Gasteiger partial charge on any atom is 0.129 e. The fourth-order valence-corrected chi connectivity index (χ4v) is 2.80. The van der Waals surface area contributed by atoms with Crippen LogP contribution in [0.15, 0.2) is 18.3 Å². The fraction of sp³-hybridized carbons (Fsp3) is 0.615. The second-order valence-corrected chi connectivity index (χ2v) is 5.48. The average Bonchev–Trinajstić information content (AvgIpc) is 2.64. The summed E-state index contributed by atoms with van der Waals surface area (Å²) in [5.74, 6) is 0. The Kier molecular flexibility index (Phi) is 4.02. The van der Waals surface area contributed by atoms with Crippen LogP contribution in [0, 0.1) is 0 Å². The lowest BCUT2D eigenvalue weighted by Gasteiger charge is -2.28. The minimum Gasteiger partial charge on any atom is -0.389 e. The molecule has 2 rings (SSSR count). The van der Waals surface area contributed by atoms with E-state index in [0.717, 1.165) is 44.3 Å². The molecule has 0 spiro atoms. The first-order chi connectivity index (χ1) is 8.07. The van der Waals surface area contributed by atoms with Gasteiger partial charge >= 0.3 is 0 Å². The molecule has 1 aromatic rings. The first-order valence-electron chi connectivity index (χ1n) is 6.09. The van der Waals surface area contributed by atoms with E-state index in [2.05, 4.69) is 9.88 Å². The van der Waals surface area contributed by atoms with Crippen LogP contribution < -0.4 is 0 Å². The molecule has 1 heterocycles. The van der Waals surface area contributed by atoms with E-state index in [4.69, 9.17) is 11.6 Å². The topological polar surface area (TPSA) is 36.4 Å². The molecule has 1 fully saturated rings. The lowest BCUT2D eigenvalue weighted by Crippen LogP contribution is -2.38. The molecule has 94 valence electrons. The second kappa shape index (κ2) is 5.34. The minimum atomic E-state index is -0.481. The number of likely N-dealkylation sites (N-methyl/N-ethyl adjacent to an activating group) is 1. The summed E-state index contributed by atoms with van der Waals surface area (Å²) < 4.78 is 0. The maximum atomic E-state index is 10.3. The Bertz CT molecular complexity index is 377. The van der Waals surface area contributed by atoms with Crippen LogP contribution in [0.4, 0.5) is 0 Å². The van der Waals surface area contributed by atoms with Gasteiger partial charge in [0, 0.05) is 19.3 Å². The Balaban J connectivity index is 1.90. The Morgan fingerprint density at radius 1 is 1.47 bits per heavy atom. The highest BCUT2D eigenvalue weighted by Gasteiger charge is 2.31. The summed E-state index contributed by atoms with van der Waals surface area (Å²) in [6.45, 7) is 1.53. The number of rotatable bonds is 4. The van der Waals surface area contributed by atoms with Crippen molar-refractivity contribution in [3.63, 3.8) is 0 Å². The highest BCUT2D eigenvalue weighted by molar-refractivity contribution is 6.29. The third-order valence-corrected chi connectivity index (χ3v) is 3.55. The monoisotopic (exact) mass is 254 g/mol. The number of halogens is 1. The molecule has 0 atom stereocenters. The van der Waals surface area contributed by atoms with Crippen molar-refractivity contribution in [2.75, 3.05) is 13.6 Å². The van der Waals surface area contributed by atoms with E-state index in [0.29, 0.717) is 5.15 Å². The molecule has 1 aromatic heterocycles. The number of aliphatic hydroxyl groups is 1. The van der Waals surface area contributed by atoms with Crippen molar-refractivity contribution in [3.05, 3.63) is 29.0 Å². The van der Waals surface area contributed by atoms with Gasteiger partial charge in [-0.25, -0.2) is 4.98 Å². The van der Waals surface area contributed by atoms with Gasteiger partial charge in [-0.1, -0.05) is 24.4 Å². The molecule has 3 nitrogen and oxygen atoms in total. The van der Waals surface area contributed by atoms with Gasteiger partial charge in [-0.15, -0.1) is 0 Å². The Hall–Kier alpha value is -0.640. The van der Waals surface area contributed by atoms with Gasteiger partial charge in [0.05, 0.1) is 5.60 Å². The van der Waals surface area contributed by atoms with E-state index in [-0.39, 0.29) is 0 Å². The van der Waals surface area contributed by atoms with Gasteiger partial charge < -0.3 is 5.11 Å². The van der Waals surface area contributed by atoms with Gasteiger partial charge in [0.25, 0.3) is 0 Å². The summed E-state index contributed by atoms with van der Waals surface area (Å²) in [7, 11) is 2.03. The van der Waals surface area contributed by atoms with Crippen molar-refractivity contribution in [2.24, 2.45) is 0 Å². The molecular weight excluding hydrogens is 236 g/mol. The molecule has 0 bridgehead atoms. The number of hydrogen-bond donors (Lipinski definition) is 1. The van der Waals surface area contributed by atoms with Crippen LogP contribution in [0.5, 0.6) is 0 Å². The summed E-state index contributed by atoms with van der Waals surface area (Å²) in [6.07, 6.45) is 5.86. The second-order valence-electron chi connectivity index (χ2n) is 5.09. The largest absolute Gasteiger partial charge is 0.389 e. The molecule has 1 aliphatic carbocycles. The third-order valence-electron chi connectivity index (χ3n) is 3.34. The van der Waals surface area contributed by atoms with Crippen molar-refractivity contribution < 1.29 is 5.11 Å². The van der Waals surface area contributed by atoms with E-state index in [1.807, 2.05) is 19.2 Å². The van der Waals surface area contributed by atoms with Gasteiger partial charge in [-0.3, -0.25) is 4.90 Å². The van der Waals surface area contributed by atoms with Crippen LogP contribution in [-0.2, 0) is 6.54 Å². The summed E-state index contributed by atoms with van der Waals surface area (Å²) in [4.78, 5) is 6.11. The van der Waals surface area contributed by atoms with Crippen molar-refractivity contribution in [1.82, 2.24) is 9.88 Å². The first kappa shape index (κ1) is 12.8. The number of pyridine rings is 1. The molecular formula is C13H19ClN2O. The van der Waals surface area contributed by atoms with Crippen LogP contribution in [0.3, 0.4) is 0 Å².